The van der Waals surface area contributed by atoms with Crippen LogP contribution in [0.5, 0.6) is 0 Å². The van der Waals surface area contributed by atoms with Gasteiger partial charge in [-0.1, -0.05) is 17.3 Å². The Morgan fingerprint density at radius 2 is 2.08 bits per heavy atom. The van der Waals surface area contributed by atoms with Gasteiger partial charge in [-0.15, -0.1) is 0 Å². The van der Waals surface area contributed by atoms with E-state index >= 15 is 0 Å². The van der Waals surface area contributed by atoms with Crippen LogP contribution in [-0.4, -0.2) is 34.3 Å². The molecule has 8 heteroatoms. The highest BCUT2D eigenvalue weighted by atomic mass is 19.1. The molecule has 2 heterocycles. The van der Waals surface area contributed by atoms with E-state index in [9.17, 15) is 18.8 Å². The lowest BCUT2D eigenvalue weighted by molar-refractivity contribution is -0.142. The summed E-state index contributed by atoms with van der Waals surface area (Å²) in [5.41, 5.74) is 0.761. The van der Waals surface area contributed by atoms with Crippen LogP contribution in [-0.2, 0) is 20.8 Å². The van der Waals surface area contributed by atoms with E-state index in [0.29, 0.717) is 12.2 Å². The first-order valence-electron chi connectivity index (χ1n) is 7.74. The molecule has 0 unspecified atom stereocenters. The van der Waals surface area contributed by atoms with Crippen molar-refractivity contribution in [3.05, 3.63) is 47.5 Å². The van der Waals surface area contributed by atoms with E-state index in [2.05, 4.69) is 10.5 Å². The number of likely N-dealkylation sites (tertiary alicyclic amines) is 1. The number of carbonyl (C=O) groups is 3. The number of aryl methyl sites for hydroxylation is 1. The van der Waals surface area contributed by atoms with Crippen molar-refractivity contribution in [2.75, 3.05) is 11.9 Å². The van der Waals surface area contributed by atoms with Crippen LogP contribution in [0.2, 0.25) is 0 Å². The quantitative estimate of drug-likeness (QED) is 0.832. The van der Waals surface area contributed by atoms with Gasteiger partial charge >= 0.3 is 0 Å². The minimum Gasteiger partial charge on any atom is -0.360 e. The number of anilines is 1. The third kappa shape index (κ3) is 3.90. The van der Waals surface area contributed by atoms with Gasteiger partial charge in [-0.3, -0.25) is 19.3 Å². The van der Waals surface area contributed by atoms with Gasteiger partial charge in [-0.2, -0.15) is 0 Å². The predicted octanol–water partition coefficient (Wildman–Crippen LogP) is 1.68. The molecule has 25 heavy (non-hydrogen) atoms. The topological polar surface area (TPSA) is 92.5 Å². The van der Waals surface area contributed by atoms with Gasteiger partial charge in [0, 0.05) is 12.5 Å². The third-order valence-corrected chi connectivity index (χ3v) is 3.93. The van der Waals surface area contributed by atoms with Crippen LogP contribution in [0.3, 0.4) is 0 Å². The van der Waals surface area contributed by atoms with Gasteiger partial charge in [0.25, 0.3) is 0 Å². The van der Waals surface area contributed by atoms with E-state index in [1.165, 1.54) is 18.2 Å². The van der Waals surface area contributed by atoms with Crippen LogP contribution in [0.15, 0.2) is 34.9 Å². The summed E-state index contributed by atoms with van der Waals surface area (Å²) in [5.74, 6) is -1.48. The molecule has 0 aliphatic carbocycles. The fourth-order valence-electron chi connectivity index (χ4n) is 2.73. The number of carbonyl (C=O) groups excluding carboxylic acids is 3. The SMILES string of the molecule is Cc1cc(NC(=O)CN2C(=O)C[C@@H](Cc3ccc(F)cc3)C2=O)no1. The Morgan fingerprint density at radius 1 is 1.36 bits per heavy atom. The van der Waals surface area contributed by atoms with Crippen LogP contribution in [0.4, 0.5) is 10.2 Å². The monoisotopic (exact) mass is 345 g/mol. The second-order valence-corrected chi connectivity index (χ2v) is 5.92. The Hall–Kier alpha value is -3.03. The summed E-state index contributed by atoms with van der Waals surface area (Å²) in [6.07, 6.45) is 0.359. The normalized spacial score (nSPS) is 17.2. The van der Waals surface area contributed by atoms with E-state index in [0.717, 1.165) is 10.5 Å². The molecule has 1 N–H and O–H groups in total. The zero-order valence-electron chi connectivity index (χ0n) is 13.5. The number of nitrogens with one attached hydrogen (secondary N) is 1. The Labute approximate surface area is 142 Å². The number of rotatable bonds is 5. The molecule has 3 rings (SSSR count). The Balaban J connectivity index is 1.60. The number of hydrogen-bond donors (Lipinski definition) is 1. The molecule has 0 saturated carbocycles. The molecule has 1 aliphatic heterocycles. The van der Waals surface area contributed by atoms with Gasteiger partial charge in [0.05, 0.1) is 5.92 Å². The molecule has 1 aromatic carbocycles. The molecule has 0 bridgehead atoms. The van der Waals surface area contributed by atoms with Crippen molar-refractivity contribution in [1.82, 2.24) is 10.1 Å². The summed E-state index contributed by atoms with van der Waals surface area (Å²) in [6, 6.07) is 7.30. The van der Waals surface area contributed by atoms with Gasteiger partial charge in [0.2, 0.25) is 17.7 Å². The fraction of sp³-hybridized carbons (Fsp3) is 0.294. The molecule has 3 amide bonds. The number of nitrogens with zero attached hydrogens (tertiary/aromatic N) is 2. The maximum Gasteiger partial charge on any atom is 0.245 e. The zero-order valence-corrected chi connectivity index (χ0v) is 13.5. The molecule has 130 valence electrons. The lowest BCUT2D eigenvalue weighted by atomic mass is 9.98. The zero-order chi connectivity index (χ0) is 18.0. The molecule has 1 aliphatic rings. The van der Waals surface area contributed by atoms with Crippen molar-refractivity contribution in [2.45, 2.75) is 19.8 Å². The standard InChI is InChI=1S/C17H16FN3O4/c1-10-6-14(20-25-10)19-15(22)9-21-16(23)8-12(17(21)24)7-11-2-4-13(18)5-3-11/h2-6,12H,7-9H2,1H3,(H,19,20,22)/t12-/m1/s1. The maximum atomic E-state index is 12.9. The summed E-state index contributed by atoms with van der Waals surface area (Å²) in [6.45, 7) is 1.31. The number of amides is 3. The average molecular weight is 345 g/mol. The number of hydrogen-bond acceptors (Lipinski definition) is 5. The molecule has 0 spiro atoms. The van der Waals surface area contributed by atoms with Gasteiger partial charge in [0.15, 0.2) is 5.82 Å². The van der Waals surface area contributed by atoms with Crippen molar-refractivity contribution >= 4 is 23.5 Å². The first kappa shape index (κ1) is 16.8. The molecule has 1 atom stereocenters. The van der Waals surface area contributed by atoms with Gasteiger partial charge in [-0.05, 0) is 31.0 Å². The Morgan fingerprint density at radius 3 is 2.72 bits per heavy atom. The Kier molecular flexibility index (Phi) is 4.60. The van der Waals surface area contributed by atoms with Crippen molar-refractivity contribution in [3.63, 3.8) is 0 Å². The molecule has 2 aromatic rings. The highest BCUT2D eigenvalue weighted by Gasteiger charge is 2.39. The van der Waals surface area contributed by atoms with Gasteiger partial charge in [-0.25, -0.2) is 4.39 Å². The van der Waals surface area contributed by atoms with Crippen molar-refractivity contribution in [1.29, 1.82) is 0 Å². The number of aromatic nitrogens is 1. The fourth-order valence-corrected chi connectivity index (χ4v) is 2.73. The number of benzene rings is 1. The second-order valence-electron chi connectivity index (χ2n) is 5.92. The summed E-state index contributed by atoms with van der Waals surface area (Å²) in [7, 11) is 0. The van der Waals surface area contributed by atoms with E-state index in [1.54, 1.807) is 19.1 Å². The summed E-state index contributed by atoms with van der Waals surface area (Å²) in [4.78, 5) is 37.4. The summed E-state index contributed by atoms with van der Waals surface area (Å²) >= 11 is 0. The van der Waals surface area contributed by atoms with Gasteiger partial charge < -0.3 is 9.84 Å². The Bertz CT molecular complexity index is 816. The average Bonchev–Trinajstić information content (AvgIpc) is 3.08. The summed E-state index contributed by atoms with van der Waals surface area (Å²) < 4.78 is 17.8. The highest BCUT2D eigenvalue weighted by Crippen LogP contribution is 2.23. The maximum absolute atomic E-state index is 12.9. The largest absolute Gasteiger partial charge is 0.360 e. The van der Waals surface area contributed by atoms with Crippen LogP contribution < -0.4 is 5.32 Å². The van der Waals surface area contributed by atoms with E-state index < -0.39 is 23.6 Å². The molecule has 7 nitrogen and oxygen atoms in total. The molecule has 0 radical (unpaired) electrons. The van der Waals surface area contributed by atoms with Crippen molar-refractivity contribution in [2.24, 2.45) is 5.92 Å². The third-order valence-electron chi connectivity index (χ3n) is 3.93. The lowest BCUT2D eigenvalue weighted by Gasteiger charge is -2.14. The lowest BCUT2D eigenvalue weighted by Crippen LogP contribution is -2.38. The first-order chi connectivity index (χ1) is 11.9. The smallest absolute Gasteiger partial charge is 0.245 e. The number of halogens is 1. The molecule has 1 saturated heterocycles. The van der Waals surface area contributed by atoms with Crippen LogP contribution in [0, 0.1) is 18.7 Å². The number of imide groups is 1. The van der Waals surface area contributed by atoms with Crippen LogP contribution >= 0.6 is 0 Å². The van der Waals surface area contributed by atoms with Gasteiger partial charge in [0.1, 0.15) is 18.1 Å². The summed E-state index contributed by atoms with van der Waals surface area (Å²) in [5, 5.41) is 6.09. The van der Waals surface area contributed by atoms with Crippen molar-refractivity contribution < 1.29 is 23.3 Å². The van der Waals surface area contributed by atoms with E-state index in [4.69, 9.17) is 4.52 Å². The molecule has 1 fully saturated rings. The van der Waals surface area contributed by atoms with E-state index in [1.807, 2.05) is 0 Å². The van der Waals surface area contributed by atoms with Crippen LogP contribution in [0.25, 0.3) is 0 Å². The minimum atomic E-state index is -0.542. The molecular weight excluding hydrogens is 329 g/mol. The first-order valence-corrected chi connectivity index (χ1v) is 7.74. The second kappa shape index (κ2) is 6.84. The predicted molar refractivity (Wildman–Crippen MR) is 84.8 cm³/mol. The van der Waals surface area contributed by atoms with Crippen molar-refractivity contribution in [3.8, 4) is 0 Å². The minimum absolute atomic E-state index is 0.0343. The van der Waals surface area contributed by atoms with Crippen LogP contribution in [0.1, 0.15) is 17.7 Å². The highest BCUT2D eigenvalue weighted by molar-refractivity contribution is 6.07. The van der Waals surface area contributed by atoms with E-state index in [-0.39, 0.29) is 24.6 Å². The molecular formula is C17H16FN3O4. The molecule has 1 aromatic heterocycles.